The fourth-order valence-corrected chi connectivity index (χ4v) is 2.15. The van der Waals surface area contributed by atoms with E-state index in [1.54, 1.807) is 0 Å². The minimum atomic E-state index is -0.229. The van der Waals surface area contributed by atoms with Crippen molar-refractivity contribution < 1.29 is 4.79 Å². The van der Waals surface area contributed by atoms with Crippen molar-refractivity contribution >= 4 is 5.91 Å². The lowest BCUT2D eigenvalue weighted by Gasteiger charge is -2.13. The van der Waals surface area contributed by atoms with Crippen LogP contribution < -0.4 is 11.1 Å². The molecule has 2 unspecified atom stereocenters. The third-order valence-corrected chi connectivity index (χ3v) is 3.16. The number of nitrogens with two attached hydrogens (primary N) is 1. The van der Waals surface area contributed by atoms with Gasteiger partial charge in [-0.05, 0) is 19.4 Å². The second kappa shape index (κ2) is 4.25. The number of aromatic nitrogens is 2. The molecular formula is C11H18N4O. The highest BCUT2D eigenvalue weighted by Crippen LogP contribution is 2.27. The first-order valence-corrected chi connectivity index (χ1v) is 5.63. The van der Waals surface area contributed by atoms with Gasteiger partial charge in [-0.25, -0.2) is 0 Å². The Morgan fingerprint density at radius 3 is 2.94 bits per heavy atom. The summed E-state index contributed by atoms with van der Waals surface area (Å²) in [5, 5.41) is 7.49. The molecule has 1 amide bonds. The van der Waals surface area contributed by atoms with Gasteiger partial charge in [0.1, 0.15) is 0 Å². The van der Waals surface area contributed by atoms with E-state index >= 15 is 0 Å². The molecule has 0 bridgehead atoms. The number of hydrogen-bond donors (Lipinski definition) is 2. The van der Waals surface area contributed by atoms with Crippen LogP contribution >= 0.6 is 0 Å². The number of nitrogens with zero attached hydrogens (tertiary/aromatic N) is 2. The summed E-state index contributed by atoms with van der Waals surface area (Å²) in [7, 11) is 0. The van der Waals surface area contributed by atoms with E-state index in [1.165, 1.54) is 0 Å². The van der Waals surface area contributed by atoms with E-state index in [9.17, 15) is 4.79 Å². The number of hydrogen-bond acceptors (Lipinski definition) is 3. The average molecular weight is 222 g/mol. The molecule has 2 rings (SSSR count). The number of primary amides is 1. The SMILES string of the molecule is CC(C)n1cc(C2CNCC2C(N)=O)cn1. The summed E-state index contributed by atoms with van der Waals surface area (Å²) in [6, 6.07) is 0.343. The standard InChI is InChI=1S/C11H18N4O/c1-7(2)15-6-8(3-14-15)9-4-13-5-10(9)11(12)16/h3,6-7,9-10,13H,4-5H2,1-2H3,(H2,12,16). The van der Waals surface area contributed by atoms with Crippen molar-refractivity contribution in [3.63, 3.8) is 0 Å². The molecule has 1 saturated heterocycles. The van der Waals surface area contributed by atoms with Gasteiger partial charge in [0.05, 0.1) is 12.1 Å². The smallest absolute Gasteiger partial charge is 0.222 e. The summed E-state index contributed by atoms with van der Waals surface area (Å²) in [4.78, 5) is 11.3. The summed E-state index contributed by atoms with van der Waals surface area (Å²) in [6.45, 7) is 5.63. The van der Waals surface area contributed by atoms with E-state index < -0.39 is 0 Å². The van der Waals surface area contributed by atoms with Crippen molar-refractivity contribution in [2.24, 2.45) is 11.7 Å². The van der Waals surface area contributed by atoms with Crippen LogP contribution in [0.15, 0.2) is 12.4 Å². The molecule has 0 spiro atoms. The zero-order chi connectivity index (χ0) is 11.7. The maximum atomic E-state index is 11.3. The summed E-state index contributed by atoms with van der Waals surface area (Å²) in [5.74, 6) is -0.165. The van der Waals surface area contributed by atoms with E-state index in [1.807, 2.05) is 17.1 Å². The van der Waals surface area contributed by atoms with E-state index in [-0.39, 0.29) is 17.7 Å². The molecule has 0 radical (unpaired) electrons. The summed E-state index contributed by atoms with van der Waals surface area (Å²) in [5.41, 5.74) is 6.49. The van der Waals surface area contributed by atoms with Gasteiger partial charge in [0.25, 0.3) is 0 Å². The van der Waals surface area contributed by atoms with E-state index in [0.29, 0.717) is 12.6 Å². The Bertz CT molecular complexity index is 385. The fourth-order valence-electron chi connectivity index (χ4n) is 2.15. The first-order valence-electron chi connectivity index (χ1n) is 5.63. The molecule has 1 aromatic heterocycles. The lowest BCUT2D eigenvalue weighted by molar-refractivity contribution is -0.121. The minimum Gasteiger partial charge on any atom is -0.369 e. The van der Waals surface area contributed by atoms with Gasteiger partial charge >= 0.3 is 0 Å². The van der Waals surface area contributed by atoms with E-state index in [4.69, 9.17) is 5.73 Å². The van der Waals surface area contributed by atoms with Crippen molar-refractivity contribution in [1.29, 1.82) is 0 Å². The lowest BCUT2D eigenvalue weighted by atomic mass is 9.90. The zero-order valence-electron chi connectivity index (χ0n) is 9.68. The van der Waals surface area contributed by atoms with Gasteiger partial charge < -0.3 is 11.1 Å². The van der Waals surface area contributed by atoms with Crippen molar-refractivity contribution in [3.05, 3.63) is 18.0 Å². The molecule has 1 aliphatic rings. The summed E-state index contributed by atoms with van der Waals surface area (Å²) in [6.07, 6.45) is 3.85. The Morgan fingerprint density at radius 1 is 1.62 bits per heavy atom. The van der Waals surface area contributed by atoms with Gasteiger partial charge in [-0.1, -0.05) is 0 Å². The molecule has 0 aromatic carbocycles. The van der Waals surface area contributed by atoms with Crippen molar-refractivity contribution in [2.45, 2.75) is 25.8 Å². The van der Waals surface area contributed by atoms with Gasteiger partial charge in [0.2, 0.25) is 5.91 Å². The lowest BCUT2D eigenvalue weighted by Crippen LogP contribution is -2.28. The van der Waals surface area contributed by atoms with Gasteiger partial charge in [0, 0.05) is 31.2 Å². The van der Waals surface area contributed by atoms with Crippen LogP contribution in [0.5, 0.6) is 0 Å². The maximum absolute atomic E-state index is 11.3. The van der Waals surface area contributed by atoms with Crippen molar-refractivity contribution in [3.8, 4) is 0 Å². The molecule has 88 valence electrons. The highest BCUT2D eigenvalue weighted by Gasteiger charge is 2.33. The second-order valence-electron chi connectivity index (χ2n) is 4.62. The molecule has 2 atom stereocenters. The van der Waals surface area contributed by atoms with Crippen LogP contribution in [-0.2, 0) is 4.79 Å². The quantitative estimate of drug-likeness (QED) is 0.770. The van der Waals surface area contributed by atoms with Crippen molar-refractivity contribution in [1.82, 2.24) is 15.1 Å². The Hall–Kier alpha value is -1.36. The molecule has 1 fully saturated rings. The first kappa shape index (κ1) is 11.1. The third-order valence-electron chi connectivity index (χ3n) is 3.16. The molecule has 1 aromatic rings. The highest BCUT2D eigenvalue weighted by molar-refractivity contribution is 5.78. The topological polar surface area (TPSA) is 72.9 Å². The molecule has 5 nitrogen and oxygen atoms in total. The number of rotatable bonds is 3. The maximum Gasteiger partial charge on any atom is 0.222 e. The molecule has 16 heavy (non-hydrogen) atoms. The Labute approximate surface area is 95.0 Å². The largest absolute Gasteiger partial charge is 0.369 e. The monoisotopic (exact) mass is 222 g/mol. The Morgan fingerprint density at radius 2 is 2.38 bits per heavy atom. The highest BCUT2D eigenvalue weighted by atomic mass is 16.1. The molecule has 0 saturated carbocycles. The number of amides is 1. The van der Waals surface area contributed by atoms with Crippen LogP contribution in [0.3, 0.4) is 0 Å². The number of carbonyl (C=O) groups is 1. The normalized spacial score (nSPS) is 25.2. The average Bonchev–Trinajstić information content (AvgIpc) is 2.86. The van der Waals surface area contributed by atoms with Gasteiger partial charge in [0.15, 0.2) is 0 Å². The van der Waals surface area contributed by atoms with Crippen LogP contribution in [0.1, 0.15) is 31.4 Å². The fraction of sp³-hybridized carbons (Fsp3) is 0.636. The minimum absolute atomic E-state index is 0.107. The van der Waals surface area contributed by atoms with Crippen molar-refractivity contribution in [2.75, 3.05) is 13.1 Å². The summed E-state index contributed by atoms with van der Waals surface area (Å²) >= 11 is 0. The Kier molecular flexibility index (Phi) is 2.96. The zero-order valence-corrected chi connectivity index (χ0v) is 9.68. The first-order chi connectivity index (χ1) is 7.59. The van der Waals surface area contributed by atoms with Gasteiger partial charge in [-0.15, -0.1) is 0 Å². The molecule has 0 aliphatic carbocycles. The molecule has 3 N–H and O–H groups in total. The molecule has 5 heteroatoms. The summed E-state index contributed by atoms with van der Waals surface area (Å²) < 4.78 is 1.91. The molecule has 1 aliphatic heterocycles. The Balaban J connectivity index is 2.19. The second-order valence-corrected chi connectivity index (χ2v) is 4.62. The molecular weight excluding hydrogens is 204 g/mol. The predicted octanol–water partition coefficient (Wildman–Crippen LogP) is 0.252. The predicted molar refractivity (Wildman–Crippen MR) is 60.9 cm³/mol. The van der Waals surface area contributed by atoms with Crippen LogP contribution in [0.2, 0.25) is 0 Å². The van der Waals surface area contributed by atoms with Crippen LogP contribution in [0.4, 0.5) is 0 Å². The van der Waals surface area contributed by atoms with Crippen LogP contribution in [0.25, 0.3) is 0 Å². The molecule has 2 heterocycles. The van der Waals surface area contributed by atoms with Gasteiger partial charge in [-0.2, -0.15) is 5.10 Å². The van der Waals surface area contributed by atoms with E-state index in [0.717, 1.165) is 12.1 Å². The third kappa shape index (κ3) is 1.95. The van der Waals surface area contributed by atoms with Crippen LogP contribution in [-0.4, -0.2) is 28.8 Å². The van der Waals surface area contributed by atoms with Crippen LogP contribution in [0, 0.1) is 5.92 Å². The van der Waals surface area contributed by atoms with Gasteiger partial charge in [-0.3, -0.25) is 9.48 Å². The number of nitrogens with one attached hydrogen (secondary N) is 1. The van der Waals surface area contributed by atoms with E-state index in [2.05, 4.69) is 24.3 Å². The number of carbonyl (C=O) groups excluding carboxylic acids is 1.